The van der Waals surface area contributed by atoms with Crippen molar-refractivity contribution in [2.24, 2.45) is 0 Å². The highest BCUT2D eigenvalue weighted by molar-refractivity contribution is 6.02. The van der Waals surface area contributed by atoms with Crippen molar-refractivity contribution < 1.29 is 0 Å². The monoisotopic (exact) mass is 172 g/mol. The number of aromatic amines is 1. The molecule has 0 bridgehead atoms. The first-order valence-corrected chi connectivity index (χ1v) is 3.71. The molecule has 0 spiro atoms. The Balaban J connectivity index is 2.81. The number of aromatic nitrogens is 5. The predicted octanol–water partition coefficient (Wildman–Crippen LogP) is -0.182. The van der Waals surface area contributed by atoms with Gasteiger partial charge in [-0.1, -0.05) is 0 Å². The Bertz CT molecular complexity index is 627. The SMILES string of the molecule is N=c1nnc2[nH]ccc3nnc1c32. The number of nitrogens with zero attached hydrogens (tertiary/aromatic N) is 4. The number of rotatable bonds is 0. The minimum Gasteiger partial charge on any atom is -0.344 e. The summed E-state index contributed by atoms with van der Waals surface area (Å²) in [4.78, 5) is 2.92. The van der Waals surface area contributed by atoms with Crippen LogP contribution in [0.2, 0.25) is 0 Å². The van der Waals surface area contributed by atoms with Gasteiger partial charge in [0.15, 0.2) is 11.1 Å². The van der Waals surface area contributed by atoms with E-state index in [2.05, 4.69) is 25.4 Å². The molecule has 62 valence electrons. The van der Waals surface area contributed by atoms with Gasteiger partial charge in [-0.15, -0.1) is 20.4 Å². The molecular formula is C7H4N6. The fraction of sp³-hybridized carbons (Fsp3) is 0. The van der Waals surface area contributed by atoms with Crippen molar-refractivity contribution in [3.8, 4) is 0 Å². The molecule has 6 nitrogen and oxygen atoms in total. The average molecular weight is 172 g/mol. The molecule has 0 amide bonds. The zero-order valence-corrected chi connectivity index (χ0v) is 6.44. The van der Waals surface area contributed by atoms with E-state index >= 15 is 0 Å². The molecule has 0 radical (unpaired) electrons. The second kappa shape index (κ2) is 1.98. The predicted molar refractivity (Wildman–Crippen MR) is 44.0 cm³/mol. The lowest BCUT2D eigenvalue weighted by molar-refractivity contribution is 0.959. The molecule has 2 N–H and O–H groups in total. The molecular weight excluding hydrogens is 168 g/mol. The van der Waals surface area contributed by atoms with E-state index < -0.39 is 0 Å². The third-order valence-electron chi connectivity index (χ3n) is 1.92. The van der Waals surface area contributed by atoms with Crippen LogP contribution in [-0.4, -0.2) is 25.4 Å². The molecule has 0 aliphatic rings. The summed E-state index contributed by atoms with van der Waals surface area (Å²) in [5, 5.41) is 23.5. The van der Waals surface area contributed by atoms with E-state index in [-0.39, 0.29) is 5.49 Å². The smallest absolute Gasteiger partial charge is 0.195 e. The molecule has 0 atom stereocenters. The highest BCUT2D eigenvalue weighted by atomic mass is 15.2. The minimum absolute atomic E-state index is 0.0644. The lowest BCUT2D eigenvalue weighted by Crippen LogP contribution is -2.08. The van der Waals surface area contributed by atoms with Gasteiger partial charge in [-0.3, -0.25) is 5.41 Å². The third kappa shape index (κ3) is 0.689. The van der Waals surface area contributed by atoms with Gasteiger partial charge in [0.2, 0.25) is 0 Å². The van der Waals surface area contributed by atoms with Gasteiger partial charge in [-0.2, -0.15) is 0 Å². The maximum absolute atomic E-state index is 7.44. The summed E-state index contributed by atoms with van der Waals surface area (Å²) in [6, 6.07) is 1.80. The highest BCUT2D eigenvalue weighted by Gasteiger charge is 2.09. The molecule has 3 heterocycles. The van der Waals surface area contributed by atoms with Crippen molar-refractivity contribution in [2.45, 2.75) is 0 Å². The fourth-order valence-corrected chi connectivity index (χ4v) is 1.34. The van der Waals surface area contributed by atoms with Gasteiger partial charge >= 0.3 is 0 Å². The molecule has 3 rings (SSSR count). The topological polar surface area (TPSA) is 91.2 Å². The first-order valence-electron chi connectivity index (χ1n) is 3.71. The summed E-state index contributed by atoms with van der Waals surface area (Å²) in [5.74, 6) is 0. The molecule has 0 aromatic carbocycles. The number of pyridine rings is 1. The summed E-state index contributed by atoms with van der Waals surface area (Å²) in [6.45, 7) is 0. The summed E-state index contributed by atoms with van der Waals surface area (Å²) >= 11 is 0. The van der Waals surface area contributed by atoms with Crippen LogP contribution in [0.25, 0.3) is 22.1 Å². The van der Waals surface area contributed by atoms with Crippen molar-refractivity contribution in [1.82, 2.24) is 25.4 Å². The largest absolute Gasteiger partial charge is 0.344 e. The summed E-state index contributed by atoms with van der Waals surface area (Å²) in [5.41, 5.74) is 1.92. The van der Waals surface area contributed by atoms with Crippen LogP contribution < -0.4 is 5.49 Å². The van der Waals surface area contributed by atoms with Crippen molar-refractivity contribution in [1.29, 1.82) is 5.41 Å². The molecule has 0 aliphatic carbocycles. The maximum Gasteiger partial charge on any atom is 0.195 e. The zero-order valence-electron chi connectivity index (χ0n) is 6.44. The van der Waals surface area contributed by atoms with E-state index in [9.17, 15) is 0 Å². The van der Waals surface area contributed by atoms with Gasteiger partial charge in [0, 0.05) is 6.20 Å². The number of nitrogens with one attached hydrogen (secondary N) is 2. The Morgan fingerprint density at radius 1 is 1.15 bits per heavy atom. The number of H-pyrrole nitrogens is 1. The zero-order chi connectivity index (χ0) is 8.84. The molecule has 0 fully saturated rings. The molecule has 3 aromatic rings. The number of hydrogen-bond donors (Lipinski definition) is 2. The van der Waals surface area contributed by atoms with E-state index in [1.807, 2.05) is 0 Å². The lowest BCUT2D eigenvalue weighted by Gasteiger charge is -1.92. The summed E-state index contributed by atoms with van der Waals surface area (Å²) in [7, 11) is 0. The Kier molecular flexibility index (Phi) is 0.974. The molecule has 13 heavy (non-hydrogen) atoms. The van der Waals surface area contributed by atoms with E-state index in [0.717, 1.165) is 10.9 Å². The van der Waals surface area contributed by atoms with Crippen LogP contribution in [0.3, 0.4) is 0 Å². The van der Waals surface area contributed by atoms with Crippen molar-refractivity contribution >= 4 is 22.1 Å². The van der Waals surface area contributed by atoms with Gasteiger partial charge in [-0.25, -0.2) is 0 Å². The fourth-order valence-electron chi connectivity index (χ4n) is 1.34. The normalized spacial score (nSPS) is 11.4. The molecule has 0 aliphatic heterocycles. The highest BCUT2D eigenvalue weighted by Crippen LogP contribution is 2.16. The Morgan fingerprint density at radius 2 is 2.08 bits per heavy atom. The minimum atomic E-state index is 0.0644. The van der Waals surface area contributed by atoms with Crippen LogP contribution >= 0.6 is 0 Å². The Labute approximate surface area is 71.5 Å². The maximum atomic E-state index is 7.44. The number of hydrogen-bond acceptors (Lipinski definition) is 5. The van der Waals surface area contributed by atoms with Gasteiger partial charge in [0.25, 0.3) is 0 Å². The van der Waals surface area contributed by atoms with Crippen LogP contribution in [-0.2, 0) is 0 Å². The van der Waals surface area contributed by atoms with E-state index in [0.29, 0.717) is 11.2 Å². The molecule has 3 aromatic heterocycles. The van der Waals surface area contributed by atoms with Crippen molar-refractivity contribution in [2.75, 3.05) is 0 Å². The van der Waals surface area contributed by atoms with Crippen LogP contribution in [0.15, 0.2) is 12.3 Å². The van der Waals surface area contributed by atoms with Gasteiger partial charge in [0.05, 0.1) is 5.39 Å². The second-order valence-corrected chi connectivity index (χ2v) is 2.68. The van der Waals surface area contributed by atoms with Gasteiger partial charge < -0.3 is 4.98 Å². The van der Waals surface area contributed by atoms with Crippen LogP contribution in [0, 0.1) is 5.41 Å². The lowest BCUT2D eigenvalue weighted by atomic mass is 10.3. The summed E-state index contributed by atoms with van der Waals surface area (Å²) < 4.78 is 0. The summed E-state index contributed by atoms with van der Waals surface area (Å²) in [6.07, 6.45) is 1.73. The average Bonchev–Trinajstić information content (AvgIpc) is 2.57. The van der Waals surface area contributed by atoms with Crippen LogP contribution in [0.5, 0.6) is 0 Å². The Hall–Kier alpha value is -2.11. The molecule has 0 unspecified atom stereocenters. The Morgan fingerprint density at radius 3 is 3.00 bits per heavy atom. The second-order valence-electron chi connectivity index (χ2n) is 2.68. The standard InChI is InChI=1S/C7H4N6/c8-6-5-4-3(10-11-5)1-2-9-7(4)13-12-6/h1-2,8-9H. The third-order valence-corrected chi connectivity index (χ3v) is 1.92. The quantitative estimate of drug-likeness (QED) is 0.492. The van der Waals surface area contributed by atoms with E-state index in [1.165, 1.54) is 0 Å². The molecule has 0 saturated heterocycles. The van der Waals surface area contributed by atoms with Crippen LogP contribution in [0.1, 0.15) is 0 Å². The first-order chi connectivity index (χ1) is 6.36. The first kappa shape index (κ1) is 6.41. The van der Waals surface area contributed by atoms with E-state index in [4.69, 9.17) is 5.41 Å². The van der Waals surface area contributed by atoms with Crippen LogP contribution in [0.4, 0.5) is 0 Å². The van der Waals surface area contributed by atoms with Gasteiger partial charge in [-0.05, 0) is 6.07 Å². The molecule has 6 heteroatoms. The van der Waals surface area contributed by atoms with E-state index in [1.54, 1.807) is 12.3 Å². The molecule has 0 saturated carbocycles. The van der Waals surface area contributed by atoms with Gasteiger partial charge in [0.1, 0.15) is 11.0 Å². The van der Waals surface area contributed by atoms with Crippen molar-refractivity contribution in [3.63, 3.8) is 0 Å². The van der Waals surface area contributed by atoms with Crippen molar-refractivity contribution in [3.05, 3.63) is 17.8 Å².